The quantitative estimate of drug-likeness (QED) is 0.853. The van der Waals surface area contributed by atoms with Gasteiger partial charge in [0.25, 0.3) is 5.91 Å². The van der Waals surface area contributed by atoms with E-state index in [0.717, 1.165) is 12.2 Å². The largest absolute Gasteiger partial charge is 0.456 e. The molecular weight excluding hydrogens is 218 g/mol. The third kappa shape index (κ3) is 2.52. The standard InChI is InChI=1S/C13H19NO3/c1-3-10-8-14(7-6-11(10)15)13(16)12-5-4-9(2)17-12/h4-5,10-11,15H,3,6-8H2,1-2H3. The fraction of sp³-hybridized carbons (Fsp3) is 0.615. The lowest BCUT2D eigenvalue weighted by molar-refractivity contribution is 0.0212. The van der Waals surface area contributed by atoms with Gasteiger partial charge >= 0.3 is 0 Å². The summed E-state index contributed by atoms with van der Waals surface area (Å²) in [6.07, 6.45) is 1.27. The lowest BCUT2D eigenvalue weighted by Gasteiger charge is -2.35. The minimum atomic E-state index is -0.276. The number of carbonyl (C=O) groups is 1. The summed E-state index contributed by atoms with van der Waals surface area (Å²) in [5, 5.41) is 9.78. The number of nitrogens with zero attached hydrogens (tertiary/aromatic N) is 1. The highest BCUT2D eigenvalue weighted by Gasteiger charge is 2.30. The number of hydrogen-bond acceptors (Lipinski definition) is 3. The zero-order chi connectivity index (χ0) is 12.4. The van der Waals surface area contributed by atoms with Crippen LogP contribution >= 0.6 is 0 Å². The highest BCUT2D eigenvalue weighted by molar-refractivity contribution is 5.91. The molecule has 0 saturated carbocycles. The third-order valence-electron chi connectivity index (χ3n) is 3.46. The first-order chi connectivity index (χ1) is 8.11. The Labute approximate surface area is 101 Å². The van der Waals surface area contributed by atoms with E-state index < -0.39 is 0 Å². The van der Waals surface area contributed by atoms with Crippen LogP contribution in [0, 0.1) is 12.8 Å². The van der Waals surface area contributed by atoms with Crippen molar-refractivity contribution < 1.29 is 14.3 Å². The molecule has 2 heterocycles. The van der Waals surface area contributed by atoms with Crippen molar-refractivity contribution in [2.24, 2.45) is 5.92 Å². The van der Waals surface area contributed by atoms with Crippen LogP contribution in [-0.2, 0) is 0 Å². The highest BCUT2D eigenvalue weighted by Crippen LogP contribution is 2.22. The molecule has 1 fully saturated rings. The second kappa shape index (κ2) is 4.92. The van der Waals surface area contributed by atoms with Gasteiger partial charge in [0, 0.05) is 19.0 Å². The average molecular weight is 237 g/mol. The van der Waals surface area contributed by atoms with E-state index >= 15 is 0 Å². The van der Waals surface area contributed by atoms with Crippen molar-refractivity contribution in [3.05, 3.63) is 23.7 Å². The molecular formula is C13H19NO3. The molecule has 4 nitrogen and oxygen atoms in total. The molecule has 0 spiro atoms. The topological polar surface area (TPSA) is 53.7 Å². The van der Waals surface area contributed by atoms with Crippen LogP contribution in [0.2, 0.25) is 0 Å². The zero-order valence-corrected chi connectivity index (χ0v) is 10.3. The molecule has 94 valence electrons. The van der Waals surface area contributed by atoms with Crippen molar-refractivity contribution in [1.29, 1.82) is 0 Å². The van der Waals surface area contributed by atoms with Crippen LogP contribution in [-0.4, -0.2) is 35.1 Å². The summed E-state index contributed by atoms with van der Waals surface area (Å²) in [5.41, 5.74) is 0. The van der Waals surface area contributed by atoms with Gasteiger partial charge in [0.05, 0.1) is 6.10 Å². The average Bonchev–Trinajstić information content (AvgIpc) is 2.75. The number of hydrogen-bond donors (Lipinski definition) is 1. The monoisotopic (exact) mass is 237 g/mol. The van der Waals surface area contributed by atoms with Crippen LogP contribution < -0.4 is 0 Å². The molecule has 1 aromatic heterocycles. The molecule has 17 heavy (non-hydrogen) atoms. The summed E-state index contributed by atoms with van der Waals surface area (Å²) in [6, 6.07) is 3.51. The van der Waals surface area contributed by atoms with E-state index in [0.29, 0.717) is 25.3 Å². The normalized spacial score (nSPS) is 25.0. The molecule has 1 amide bonds. The maximum absolute atomic E-state index is 12.1. The van der Waals surface area contributed by atoms with Crippen molar-refractivity contribution >= 4 is 5.91 Å². The van der Waals surface area contributed by atoms with Crippen LogP contribution in [0.5, 0.6) is 0 Å². The molecule has 1 aromatic rings. The lowest BCUT2D eigenvalue weighted by atomic mass is 9.92. The minimum absolute atomic E-state index is 0.0662. The summed E-state index contributed by atoms with van der Waals surface area (Å²) < 4.78 is 5.34. The number of likely N-dealkylation sites (tertiary alicyclic amines) is 1. The molecule has 1 saturated heterocycles. The molecule has 2 unspecified atom stereocenters. The molecule has 0 radical (unpaired) electrons. The van der Waals surface area contributed by atoms with Crippen molar-refractivity contribution in [2.75, 3.05) is 13.1 Å². The molecule has 4 heteroatoms. The fourth-order valence-electron chi connectivity index (χ4n) is 2.31. The maximum atomic E-state index is 12.1. The van der Waals surface area contributed by atoms with Crippen LogP contribution in [0.3, 0.4) is 0 Å². The van der Waals surface area contributed by atoms with Gasteiger partial charge in [-0.3, -0.25) is 4.79 Å². The van der Waals surface area contributed by atoms with Gasteiger partial charge in [-0.15, -0.1) is 0 Å². The predicted octanol–water partition coefficient (Wildman–Crippen LogP) is 1.82. The molecule has 1 N–H and O–H groups in total. The second-order valence-corrected chi connectivity index (χ2v) is 4.69. The number of furan rings is 1. The molecule has 0 bridgehead atoms. The smallest absolute Gasteiger partial charge is 0.289 e. The fourth-order valence-corrected chi connectivity index (χ4v) is 2.31. The first-order valence-electron chi connectivity index (χ1n) is 6.15. The highest BCUT2D eigenvalue weighted by atomic mass is 16.3. The summed E-state index contributed by atoms with van der Waals surface area (Å²) in [7, 11) is 0. The number of aliphatic hydroxyl groups excluding tert-OH is 1. The Morgan fingerprint density at radius 1 is 1.59 bits per heavy atom. The van der Waals surface area contributed by atoms with E-state index in [4.69, 9.17) is 4.42 Å². The van der Waals surface area contributed by atoms with E-state index in [-0.39, 0.29) is 17.9 Å². The van der Waals surface area contributed by atoms with Crippen LogP contribution in [0.25, 0.3) is 0 Å². The Balaban J connectivity index is 2.05. The molecule has 0 aliphatic carbocycles. The Morgan fingerprint density at radius 2 is 2.35 bits per heavy atom. The van der Waals surface area contributed by atoms with Gasteiger partial charge in [0.15, 0.2) is 5.76 Å². The van der Waals surface area contributed by atoms with Gasteiger partial charge in [0.1, 0.15) is 5.76 Å². The Morgan fingerprint density at radius 3 is 2.94 bits per heavy atom. The zero-order valence-electron chi connectivity index (χ0n) is 10.3. The van der Waals surface area contributed by atoms with E-state index in [1.807, 2.05) is 13.8 Å². The van der Waals surface area contributed by atoms with Crippen molar-refractivity contribution in [1.82, 2.24) is 4.90 Å². The minimum Gasteiger partial charge on any atom is -0.456 e. The second-order valence-electron chi connectivity index (χ2n) is 4.69. The van der Waals surface area contributed by atoms with Crippen LogP contribution in [0.15, 0.2) is 16.5 Å². The third-order valence-corrected chi connectivity index (χ3v) is 3.46. The van der Waals surface area contributed by atoms with Crippen LogP contribution in [0.4, 0.5) is 0 Å². The SMILES string of the molecule is CCC1CN(C(=O)c2ccc(C)o2)CCC1O. The van der Waals surface area contributed by atoms with Gasteiger partial charge < -0.3 is 14.4 Å². The Hall–Kier alpha value is -1.29. The number of piperidine rings is 1. The summed E-state index contributed by atoms with van der Waals surface area (Å²) in [5.74, 6) is 1.26. The Bertz CT molecular complexity index is 399. The van der Waals surface area contributed by atoms with E-state index in [9.17, 15) is 9.90 Å². The molecule has 2 rings (SSSR count). The number of aryl methyl sites for hydroxylation is 1. The van der Waals surface area contributed by atoms with Crippen molar-refractivity contribution in [2.45, 2.75) is 32.8 Å². The summed E-state index contributed by atoms with van der Waals surface area (Å²) >= 11 is 0. The lowest BCUT2D eigenvalue weighted by Crippen LogP contribution is -2.45. The van der Waals surface area contributed by atoms with E-state index in [1.165, 1.54) is 0 Å². The number of amides is 1. The van der Waals surface area contributed by atoms with Crippen LogP contribution in [0.1, 0.15) is 36.1 Å². The van der Waals surface area contributed by atoms with E-state index in [2.05, 4.69) is 0 Å². The van der Waals surface area contributed by atoms with Crippen molar-refractivity contribution in [3.63, 3.8) is 0 Å². The van der Waals surface area contributed by atoms with E-state index in [1.54, 1.807) is 17.0 Å². The molecule has 1 aliphatic heterocycles. The Kier molecular flexibility index (Phi) is 3.52. The van der Waals surface area contributed by atoms with Gasteiger partial charge in [-0.05, 0) is 31.9 Å². The summed E-state index contributed by atoms with van der Waals surface area (Å²) in [4.78, 5) is 13.9. The molecule has 1 aliphatic rings. The summed E-state index contributed by atoms with van der Waals surface area (Å²) in [6.45, 7) is 5.09. The predicted molar refractivity (Wildman–Crippen MR) is 63.8 cm³/mol. The van der Waals surface area contributed by atoms with Gasteiger partial charge in [-0.25, -0.2) is 0 Å². The van der Waals surface area contributed by atoms with Gasteiger partial charge in [0.2, 0.25) is 0 Å². The van der Waals surface area contributed by atoms with Gasteiger partial charge in [-0.2, -0.15) is 0 Å². The number of carbonyl (C=O) groups excluding carboxylic acids is 1. The number of rotatable bonds is 2. The molecule has 2 atom stereocenters. The molecule has 0 aromatic carbocycles. The van der Waals surface area contributed by atoms with Gasteiger partial charge in [-0.1, -0.05) is 6.92 Å². The van der Waals surface area contributed by atoms with Crippen molar-refractivity contribution in [3.8, 4) is 0 Å². The first-order valence-corrected chi connectivity index (χ1v) is 6.15. The first kappa shape index (κ1) is 12.2. The number of aliphatic hydroxyl groups is 1. The maximum Gasteiger partial charge on any atom is 0.289 e.